The molecule has 3 amide bonds. The van der Waals surface area contributed by atoms with Gasteiger partial charge in [-0.15, -0.1) is 11.6 Å². The molecule has 0 aliphatic rings. The van der Waals surface area contributed by atoms with E-state index in [9.17, 15) is 9.59 Å². The van der Waals surface area contributed by atoms with E-state index >= 15 is 0 Å². The van der Waals surface area contributed by atoms with E-state index in [4.69, 9.17) is 11.6 Å². The highest BCUT2D eigenvalue weighted by atomic mass is 35.5. The average molecular weight is 264 g/mol. The van der Waals surface area contributed by atoms with Gasteiger partial charge in [-0.05, 0) is 19.5 Å². The predicted molar refractivity (Wildman–Crippen MR) is 69.2 cm³/mol. The van der Waals surface area contributed by atoms with Crippen molar-refractivity contribution in [3.63, 3.8) is 0 Å². The first-order valence-corrected chi connectivity index (χ1v) is 6.08. The number of carbonyl (C=O) groups excluding carboxylic acids is 2. The first kappa shape index (κ1) is 16.2. The van der Waals surface area contributed by atoms with Crippen LogP contribution in [0.5, 0.6) is 0 Å². The second-order valence-corrected chi connectivity index (χ2v) is 5.45. The largest absolute Gasteiger partial charge is 0.337 e. The van der Waals surface area contributed by atoms with Crippen LogP contribution in [-0.4, -0.2) is 49.9 Å². The maximum Gasteiger partial charge on any atom is 0.321 e. The highest BCUT2D eigenvalue weighted by Gasteiger charge is 2.20. The van der Waals surface area contributed by atoms with Crippen LogP contribution in [0, 0.1) is 5.41 Å². The summed E-state index contributed by atoms with van der Waals surface area (Å²) in [7, 11) is 3.96. The Bertz CT molecular complexity index is 267. The van der Waals surface area contributed by atoms with Crippen LogP contribution in [0.2, 0.25) is 0 Å². The number of nitrogens with zero attached hydrogens (tertiary/aromatic N) is 1. The lowest BCUT2D eigenvalue weighted by molar-refractivity contribution is -0.119. The fourth-order valence-corrected chi connectivity index (χ4v) is 1.72. The summed E-state index contributed by atoms with van der Waals surface area (Å²) in [5, 5.41) is 4.90. The fraction of sp³-hybridized carbons (Fsp3) is 0.818. The molecule has 0 radical (unpaired) electrons. The molecule has 0 heterocycles. The molecule has 0 aromatic carbocycles. The van der Waals surface area contributed by atoms with E-state index in [1.54, 1.807) is 0 Å². The van der Waals surface area contributed by atoms with Crippen molar-refractivity contribution >= 4 is 23.5 Å². The van der Waals surface area contributed by atoms with E-state index in [0.29, 0.717) is 6.54 Å². The van der Waals surface area contributed by atoms with E-state index in [1.807, 2.05) is 27.9 Å². The second kappa shape index (κ2) is 7.50. The molecule has 2 N–H and O–H groups in total. The Hall–Kier alpha value is -0.810. The molecule has 6 heteroatoms. The van der Waals surface area contributed by atoms with Gasteiger partial charge >= 0.3 is 6.03 Å². The van der Waals surface area contributed by atoms with Crippen LogP contribution >= 0.6 is 11.6 Å². The van der Waals surface area contributed by atoms with Gasteiger partial charge in [-0.3, -0.25) is 10.1 Å². The van der Waals surface area contributed by atoms with Gasteiger partial charge in [-0.1, -0.05) is 13.8 Å². The number of carbonyl (C=O) groups is 2. The summed E-state index contributed by atoms with van der Waals surface area (Å²) in [5.74, 6) is -0.145. The Morgan fingerprint density at radius 1 is 1.29 bits per heavy atom. The molecule has 0 saturated carbocycles. The third-order valence-electron chi connectivity index (χ3n) is 2.05. The number of nitrogens with one attached hydrogen (secondary N) is 2. The number of hydrogen-bond acceptors (Lipinski definition) is 3. The minimum Gasteiger partial charge on any atom is -0.337 e. The SMILES string of the molecule is CN(C)CC(C)(C)CNC(=O)NC(=O)CCCl. The van der Waals surface area contributed by atoms with Crippen molar-refractivity contribution in [2.45, 2.75) is 20.3 Å². The summed E-state index contributed by atoms with van der Waals surface area (Å²) < 4.78 is 0. The number of halogens is 1. The van der Waals surface area contributed by atoms with Crippen LogP contribution in [0.15, 0.2) is 0 Å². The zero-order valence-electron chi connectivity index (χ0n) is 11.0. The molecule has 0 fully saturated rings. The van der Waals surface area contributed by atoms with Crippen molar-refractivity contribution in [3.8, 4) is 0 Å². The Labute approximate surface area is 108 Å². The molecule has 0 saturated heterocycles. The maximum absolute atomic E-state index is 11.4. The van der Waals surface area contributed by atoms with Crippen molar-refractivity contribution in [2.75, 3.05) is 33.1 Å². The molecule has 17 heavy (non-hydrogen) atoms. The number of amides is 3. The summed E-state index contributed by atoms with van der Waals surface area (Å²) >= 11 is 5.39. The summed E-state index contributed by atoms with van der Waals surface area (Å²) in [6.45, 7) is 5.45. The van der Waals surface area contributed by atoms with Crippen LogP contribution in [-0.2, 0) is 4.79 Å². The minimum atomic E-state index is -0.466. The molecule has 100 valence electrons. The van der Waals surface area contributed by atoms with Crippen LogP contribution in [0.3, 0.4) is 0 Å². The normalized spacial score (nSPS) is 11.4. The zero-order chi connectivity index (χ0) is 13.5. The number of rotatable bonds is 6. The van der Waals surface area contributed by atoms with Crippen molar-refractivity contribution in [1.29, 1.82) is 0 Å². The smallest absolute Gasteiger partial charge is 0.321 e. The molecule has 0 unspecified atom stereocenters. The van der Waals surface area contributed by atoms with Gasteiger partial charge in [-0.25, -0.2) is 4.79 Å². The van der Waals surface area contributed by atoms with E-state index in [2.05, 4.69) is 15.5 Å². The Kier molecular flexibility index (Phi) is 7.15. The molecule has 0 aliphatic heterocycles. The summed E-state index contributed by atoms with van der Waals surface area (Å²) in [6.07, 6.45) is 0.149. The van der Waals surface area contributed by atoms with Crippen LogP contribution in [0.1, 0.15) is 20.3 Å². The van der Waals surface area contributed by atoms with Crippen molar-refractivity contribution in [1.82, 2.24) is 15.5 Å². The highest BCUT2D eigenvalue weighted by molar-refractivity contribution is 6.19. The highest BCUT2D eigenvalue weighted by Crippen LogP contribution is 2.13. The average Bonchev–Trinajstić information content (AvgIpc) is 2.13. The number of alkyl halides is 1. The van der Waals surface area contributed by atoms with Crippen LogP contribution < -0.4 is 10.6 Å². The number of hydrogen-bond donors (Lipinski definition) is 2. The maximum atomic E-state index is 11.4. The summed E-state index contributed by atoms with van der Waals surface area (Å²) in [4.78, 5) is 24.5. The molecule has 0 atom stereocenters. The molecule has 0 aromatic rings. The minimum absolute atomic E-state index is 0.0453. The first-order chi connectivity index (χ1) is 7.76. The molecule has 0 rings (SSSR count). The molecular weight excluding hydrogens is 242 g/mol. The summed E-state index contributed by atoms with van der Waals surface area (Å²) in [5.41, 5.74) is -0.0453. The predicted octanol–water partition coefficient (Wildman–Crippen LogP) is 1.03. The van der Waals surface area contributed by atoms with E-state index in [1.165, 1.54) is 0 Å². The Balaban J connectivity index is 3.94. The molecule has 0 bridgehead atoms. The lowest BCUT2D eigenvalue weighted by Crippen LogP contribution is -2.45. The first-order valence-electron chi connectivity index (χ1n) is 5.55. The standard InChI is InChI=1S/C11H22ClN3O2/c1-11(2,8-15(3)4)7-13-10(17)14-9(16)5-6-12/h5-8H2,1-4H3,(H2,13,14,16,17). The van der Waals surface area contributed by atoms with E-state index in [0.717, 1.165) is 6.54 Å². The third kappa shape index (κ3) is 8.94. The van der Waals surface area contributed by atoms with Gasteiger partial charge in [0.05, 0.1) is 0 Å². The topological polar surface area (TPSA) is 61.4 Å². The van der Waals surface area contributed by atoms with Gasteiger partial charge in [0.25, 0.3) is 0 Å². The fourth-order valence-electron chi connectivity index (χ4n) is 1.55. The molecule has 0 aromatic heterocycles. The van der Waals surface area contributed by atoms with Crippen LogP contribution in [0.4, 0.5) is 4.79 Å². The third-order valence-corrected chi connectivity index (χ3v) is 2.24. The summed E-state index contributed by atoms with van der Waals surface area (Å²) in [6, 6.07) is -0.466. The molecular formula is C11H22ClN3O2. The van der Waals surface area contributed by atoms with Gasteiger partial charge in [0.2, 0.25) is 5.91 Å². The van der Waals surface area contributed by atoms with E-state index in [-0.39, 0.29) is 23.6 Å². The number of urea groups is 1. The monoisotopic (exact) mass is 263 g/mol. The lowest BCUT2D eigenvalue weighted by Gasteiger charge is -2.28. The van der Waals surface area contributed by atoms with Crippen molar-refractivity contribution < 1.29 is 9.59 Å². The lowest BCUT2D eigenvalue weighted by atomic mass is 9.93. The molecule has 0 aliphatic carbocycles. The zero-order valence-corrected chi connectivity index (χ0v) is 11.7. The second-order valence-electron chi connectivity index (χ2n) is 5.07. The van der Waals surface area contributed by atoms with Crippen molar-refractivity contribution in [2.24, 2.45) is 5.41 Å². The van der Waals surface area contributed by atoms with Gasteiger partial charge in [-0.2, -0.15) is 0 Å². The van der Waals surface area contributed by atoms with Crippen molar-refractivity contribution in [3.05, 3.63) is 0 Å². The Morgan fingerprint density at radius 3 is 2.35 bits per heavy atom. The van der Waals surface area contributed by atoms with Crippen LogP contribution in [0.25, 0.3) is 0 Å². The number of imide groups is 1. The van der Waals surface area contributed by atoms with Gasteiger partial charge in [0, 0.05) is 25.4 Å². The van der Waals surface area contributed by atoms with E-state index < -0.39 is 6.03 Å². The van der Waals surface area contributed by atoms with Gasteiger partial charge < -0.3 is 10.2 Å². The van der Waals surface area contributed by atoms with Gasteiger partial charge in [0.15, 0.2) is 0 Å². The molecule has 5 nitrogen and oxygen atoms in total. The quantitative estimate of drug-likeness (QED) is 0.704. The van der Waals surface area contributed by atoms with Gasteiger partial charge in [0.1, 0.15) is 0 Å². The Morgan fingerprint density at radius 2 is 1.88 bits per heavy atom. The molecule has 0 spiro atoms.